The summed E-state index contributed by atoms with van der Waals surface area (Å²) < 4.78 is 27.0. The van der Waals surface area contributed by atoms with E-state index in [2.05, 4.69) is 6.07 Å². The Balaban J connectivity index is 3.69. The summed E-state index contributed by atoms with van der Waals surface area (Å²) in [6.07, 6.45) is 1.16. The minimum atomic E-state index is -0.261. The quantitative estimate of drug-likeness (QED) is 0.447. The zero-order valence-electron chi connectivity index (χ0n) is 15.4. The maximum atomic E-state index is 8.67. The molecule has 0 aliphatic heterocycles. The van der Waals surface area contributed by atoms with Gasteiger partial charge in [0.2, 0.25) is 0 Å². The Morgan fingerprint density at radius 3 is 1.58 bits per heavy atom. The number of rotatable bonds is 14. The Bertz CT molecular complexity index is 393. The van der Waals surface area contributed by atoms with Crippen molar-refractivity contribution in [2.24, 2.45) is 5.92 Å². The molecule has 5 unspecified atom stereocenters. The monoisotopic (exact) mass is 342 g/mol. The van der Waals surface area contributed by atoms with Crippen molar-refractivity contribution < 1.29 is 23.7 Å². The van der Waals surface area contributed by atoms with E-state index in [0.29, 0.717) is 33.0 Å². The van der Waals surface area contributed by atoms with E-state index in [0.717, 1.165) is 0 Å². The number of nitriles is 2. The molecule has 0 saturated heterocycles. The Morgan fingerprint density at radius 1 is 0.667 bits per heavy atom. The summed E-state index contributed by atoms with van der Waals surface area (Å²) in [7, 11) is 0. The highest BCUT2D eigenvalue weighted by molar-refractivity contribution is 4.77. The Morgan fingerprint density at radius 2 is 1.12 bits per heavy atom. The first-order chi connectivity index (χ1) is 11.4. The highest BCUT2D eigenvalue weighted by Crippen LogP contribution is 2.02. The van der Waals surface area contributed by atoms with E-state index in [1.54, 1.807) is 13.2 Å². The Labute approximate surface area is 145 Å². The Hall–Kier alpha value is -1.38. The molecule has 5 atom stereocenters. The van der Waals surface area contributed by atoms with Gasteiger partial charge >= 0.3 is 0 Å². The summed E-state index contributed by atoms with van der Waals surface area (Å²) in [6.45, 7) is 11.5. The number of nitrogens with zero attached hydrogens (tertiary/aromatic N) is 2. The van der Waals surface area contributed by atoms with Gasteiger partial charge in [-0.3, -0.25) is 0 Å². The summed E-state index contributed by atoms with van der Waals surface area (Å²) in [6, 6.07) is 2.12. The van der Waals surface area contributed by atoms with Gasteiger partial charge in [0.05, 0.1) is 63.3 Å². The van der Waals surface area contributed by atoms with Gasteiger partial charge in [0, 0.05) is 0 Å². The molecule has 0 N–H and O–H groups in total. The number of hydrogen-bond acceptors (Lipinski definition) is 7. The summed E-state index contributed by atoms with van der Waals surface area (Å²) in [5, 5.41) is 17.1. The van der Waals surface area contributed by atoms with Gasteiger partial charge in [-0.25, -0.2) is 0 Å². The van der Waals surface area contributed by atoms with E-state index in [9.17, 15) is 0 Å². The number of hydrogen-bond donors (Lipinski definition) is 0. The molecular formula is C17H30N2O5. The van der Waals surface area contributed by atoms with Crippen LogP contribution in [0.4, 0.5) is 0 Å². The zero-order chi connectivity index (χ0) is 18.4. The lowest BCUT2D eigenvalue weighted by molar-refractivity contribution is -0.0872. The van der Waals surface area contributed by atoms with Crippen LogP contribution < -0.4 is 0 Å². The van der Waals surface area contributed by atoms with Crippen LogP contribution in [-0.4, -0.2) is 57.5 Å². The second-order valence-electron chi connectivity index (χ2n) is 6.02. The van der Waals surface area contributed by atoms with Crippen molar-refractivity contribution >= 4 is 0 Å². The minimum Gasteiger partial charge on any atom is -0.422 e. The average molecular weight is 342 g/mol. The third kappa shape index (κ3) is 13.1. The molecule has 138 valence electrons. The van der Waals surface area contributed by atoms with Crippen LogP contribution in [0.25, 0.3) is 0 Å². The third-order valence-electron chi connectivity index (χ3n) is 3.04. The maximum Gasteiger partial charge on any atom is 0.286 e. The molecule has 24 heavy (non-hydrogen) atoms. The zero-order valence-corrected chi connectivity index (χ0v) is 15.4. The van der Waals surface area contributed by atoms with E-state index in [1.807, 2.05) is 27.7 Å². The van der Waals surface area contributed by atoms with Crippen molar-refractivity contribution in [2.45, 2.75) is 59.0 Å². The molecular weight excluding hydrogens is 312 g/mol. The first kappa shape index (κ1) is 22.6. The van der Waals surface area contributed by atoms with Crippen molar-refractivity contribution in [1.82, 2.24) is 0 Å². The molecule has 0 spiro atoms. The van der Waals surface area contributed by atoms with E-state index in [4.69, 9.17) is 34.2 Å². The van der Waals surface area contributed by atoms with E-state index in [1.165, 1.54) is 0 Å². The number of ether oxygens (including phenoxy) is 5. The normalized spacial score (nSPS) is 17.1. The molecule has 0 rings (SSSR count). The van der Waals surface area contributed by atoms with Crippen LogP contribution in [0.3, 0.4) is 0 Å². The van der Waals surface area contributed by atoms with Gasteiger partial charge in [-0.15, -0.1) is 0 Å². The molecule has 0 saturated carbocycles. The Kier molecular flexibility index (Phi) is 13.2. The largest absolute Gasteiger partial charge is 0.422 e. The van der Waals surface area contributed by atoms with Crippen molar-refractivity contribution in [3.05, 3.63) is 0 Å². The SMILES string of the molecule is CC(C#N)COCC(C)OCC(C)OCC(C)OCC(C)OC#N. The fraction of sp³-hybridized carbons (Fsp3) is 0.882. The predicted octanol–water partition coefficient (Wildman–Crippen LogP) is 2.26. The van der Waals surface area contributed by atoms with Crippen LogP contribution in [0, 0.1) is 28.8 Å². The summed E-state index contributed by atoms with van der Waals surface area (Å²) in [5.41, 5.74) is 0. The average Bonchev–Trinajstić information content (AvgIpc) is 2.56. The predicted molar refractivity (Wildman–Crippen MR) is 88.0 cm³/mol. The summed E-state index contributed by atoms with van der Waals surface area (Å²) >= 11 is 0. The molecule has 0 aliphatic carbocycles. The first-order valence-electron chi connectivity index (χ1n) is 8.25. The summed E-state index contributed by atoms with van der Waals surface area (Å²) in [4.78, 5) is 0. The van der Waals surface area contributed by atoms with Crippen LogP contribution >= 0.6 is 0 Å². The molecule has 0 aromatic carbocycles. The smallest absolute Gasteiger partial charge is 0.286 e. The van der Waals surface area contributed by atoms with Crippen molar-refractivity contribution in [3.8, 4) is 12.3 Å². The van der Waals surface area contributed by atoms with E-state index in [-0.39, 0.29) is 30.3 Å². The van der Waals surface area contributed by atoms with Crippen LogP contribution in [0.2, 0.25) is 0 Å². The highest BCUT2D eigenvalue weighted by atomic mass is 16.6. The second kappa shape index (κ2) is 14.0. The molecule has 0 radical (unpaired) electrons. The molecule has 0 amide bonds. The van der Waals surface area contributed by atoms with Crippen molar-refractivity contribution in [2.75, 3.05) is 33.0 Å². The van der Waals surface area contributed by atoms with Gasteiger partial charge in [-0.1, -0.05) is 0 Å². The van der Waals surface area contributed by atoms with Gasteiger partial charge in [0.1, 0.15) is 6.10 Å². The topological polar surface area (TPSA) is 93.7 Å². The third-order valence-corrected chi connectivity index (χ3v) is 3.04. The van der Waals surface area contributed by atoms with Crippen LogP contribution in [0.1, 0.15) is 34.6 Å². The fourth-order valence-corrected chi connectivity index (χ4v) is 1.62. The van der Waals surface area contributed by atoms with Gasteiger partial charge in [-0.2, -0.15) is 10.5 Å². The van der Waals surface area contributed by atoms with E-state index >= 15 is 0 Å². The lowest BCUT2D eigenvalue weighted by atomic mass is 10.2. The molecule has 0 aliphatic rings. The molecule has 0 heterocycles. The van der Waals surface area contributed by atoms with Gasteiger partial charge in [0.15, 0.2) is 0 Å². The summed E-state index contributed by atoms with van der Waals surface area (Å²) in [5.74, 6) is -0.109. The van der Waals surface area contributed by atoms with E-state index < -0.39 is 0 Å². The molecule has 7 heteroatoms. The standard InChI is InChI=1S/C17H30N2O5/c1-13(6-18)7-20-8-14(2)21-9-15(3)22-10-16(4)23-11-17(5)24-12-19/h13-17H,7-11H2,1-5H3. The fourth-order valence-electron chi connectivity index (χ4n) is 1.62. The lowest BCUT2D eigenvalue weighted by Gasteiger charge is -2.20. The molecule has 0 bridgehead atoms. The second-order valence-corrected chi connectivity index (χ2v) is 6.02. The van der Waals surface area contributed by atoms with Crippen LogP contribution in [-0.2, 0) is 23.7 Å². The maximum absolute atomic E-state index is 8.67. The van der Waals surface area contributed by atoms with Crippen molar-refractivity contribution in [3.63, 3.8) is 0 Å². The first-order valence-corrected chi connectivity index (χ1v) is 8.25. The van der Waals surface area contributed by atoms with Gasteiger partial charge in [-0.05, 0) is 34.6 Å². The van der Waals surface area contributed by atoms with Crippen molar-refractivity contribution in [1.29, 1.82) is 10.5 Å². The van der Waals surface area contributed by atoms with Gasteiger partial charge < -0.3 is 23.7 Å². The minimum absolute atomic E-state index is 0.0559. The molecule has 7 nitrogen and oxygen atoms in total. The molecule has 0 fully saturated rings. The van der Waals surface area contributed by atoms with Crippen LogP contribution in [0.5, 0.6) is 0 Å². The van der Waals surface area contributed by atoms with Gasteiger partial charge in [0.25, 0.3) is 6.26 Å². The molecule has 0 aromatic heterocycles. The highest BCUT2D eigenvalue weighted by Gasteiger charge is 2.12. The molecule has 0 aromatic rings. The lowest BCUT2D eigenvalue weighted by Crippen LogP contribution is -2.28. The van der Waals surface area contributed by atoms with Crippen LogP contribution in [0.15, 0.2) is 0 Å².